The minimum atomic E-state index is -0.543. The fraction of sp³-hybridized carbons (Fsp3) is 0.167. The van der Waals surface area contributed by atoms with Gasteiger partial charge >= 0.3 is 0 Å². The molecule has 0 radical (unpaired) electrons. The van der Waals surface area contributed by atoms with E-state index in [0.717, 1.165) is 0 Å². The molecule has 0 unspecified atom stereocenters. The maximum Gasteiger partial charge on any atom is 0.273 e. The molecule has 0 aliphatic heterocycles. The lowest BCUT2D eigenvalue weighted by molar-refractivity contribution is 0.394. The fourth-order valence-electron chi connectivity index (χ4n) is 0.720. The van der Waals surface area contributed by atoms with Crippen LogP contribution in [0.15, 0.2) is 4.79 Å². The highest BCUT2D eigenvalue weighted by atomic mass is 32.1. The van der Waals surface area contributed by atoms with Crippen molar-refractivity contribution in [3.63, 3.8) is 0 Å². The highest BCUT2D eigenvalue weighted by Crippen LogP contribution is 2.06. The molecule has 0 spiro atoms. The Labute approximate surface area is 72.6 Å². The van der Waals surface area contributed by atoms with Crippen LogP contribution in [0, 0.1) is 16.1 Å². The molecule has 0 saturated heterocycles. The van der Waals surface area contributed by atoms with E-state index in [1.807, 2.05) is 0 Å². The summed E-state index contributed by atoms with van der Waals surface area (Å²) >= 11 is 4.66. The van der Waals surface area contributed by atoms with Crippen molar-refractivity contribution >= 4 is 12.2 Å². The maximum absolute atomic E-state index is 11.0. The van der Waals surface area contributed by atoms with E-state index in [2.05, 4.69) is 22.2 Å². The van der Waals surface area contributed by atoms with Gasteiger partial charge in [0.15, 0.2) is 10.3 Å². The highest BCUT2D eigenvalue weighted by Gasteiger charge is 2.06. The summed E-state index contributed by atoms with van der Waals surface area (Å²) in [6, 6.07) is 1.70. The first kappa shape index (κ1) is 8.49. The summed E-state index contributed by atoms with van der Waals surface area (Å²) in [5.74, 6) is 0.0891. The lowest BCUT2D eigenvalue weighted by Crippen LogP contribution is -2.13. The third-order valence-electron chi connectivity index (χ3n) is 1.22. The molecular weight excluding hydrogens is 178 g/mol. The SMILES string of the molecule is COc1[nH]c(=S)[nH]c(=O)c1C#N. The molecule has 0 fully saturated rings. The number of nitrogens with zero attached hydrogens (tertiary/aromatic N) is 1. The maximum atomic E-state index is 11.0. The van der Waals surface area contributed by atoms with Crippen molar-refractivity contribution < 1.29 is 4.74 Å². The Hall–Kier alpha value is -1.61. The van der Waals surface area contributed by atoms with Crippen molar-refractivity contribution in [2.45, 2.75) is 0 Å². The van der Waals surface area contributed by atoms with E-state index in [-0.39, 0.29) is 16.2 Å². The summed E-state index contributed by atoms with van der Waals surface area (Å²) in [4.78, 5) is 15.8. The van der Waals surface area contributed by atoms with Crippen LogP contribution in [-0.2, 0) is 0 Å². The number of nitrogens with one attached hydrogen (secondary N) is 2. The van der Waals surface area contributed by atoms with Crippen LogP contribution in [0.3, 0.4) is 0 Å². The monoisotopic (exact) mass is 183 g/mol. The standard InChI is InChI=1S/C6H5N3O2S/c1-11-5-3(2-7)4(10)8-6(12)9-5/h1H3,(H2,8,9,10,12). The molecule has 6 heteroatoms. The van der Waals surface area contributed by atoms with Gasteiger partial charge in [-0.1, -0.05) is 0 Å². The van der Waals surface area contributed by atoms with Crippen LogP contribution >= 0.6 is 12.2 Å². The zero-order valence-electron chi connectivity index (χ0n) is 6.17. The molecule has 1 aromatic rings. The zero-order chi connectivity index (χ0) is 9.14. The molecule has 1 aromatic heterocycles. The van der Waals surface area contributed by atoms with Gasteiger partial charge in [0.2, 0.25) is 5.88 Å². The summed E-state index contributed by atoms with van der Waals surface area (Å²) < 4.78 is 4.87. The Kier molecular flexibility index (Phi) is 2.26. The molecule has 0 aromatic carbocycles. The van der Waals surface area contributed by atoms with Gasteiger partial charge in [0.25, 0.3) is 5.56 Å². The topological polar surface area (TPSA) is 81.7 Å². The number of aromatic amines is 2. The second-order valence-electron chi connectivity index (χ2n) is 1.93. The second-order valence-corrected chi connectivity index (χ2v) is 2.34. The van der Waals surface area contributed by atoms with Gasteiger partial charge in [-0.25, -0.2) is 0 Å². The number of nitriles is 1. The summed E-state index contributed by atoms with van der Waals surface area (Å²) in [5, 5.41) is 8.52. The lowest BCUT2D eigenvalue weighted by atomic mass is 10.3. The van der Waals surface area contributed by atoms with E-state index in [9.17, 15) is 4.79 Å². The third kappa shape index (κ3) is 1.35. The summed E-state index contributed by atoms with van der Waals surface area (Å²) in [6.45, 7) is 0. The molecule has 0 aliphatic carbocycles. The van der Waals surface area contributed by atoms with Gasteiger partial charge in [-0.15, -0.1) is 0 Å². The van der Waals surface area contributed by atoms with Crippen LogP contribution in [0.2, 0.25) is 0 Å². The average Bonchev–Trinajstić information content (AvgIpc) is 2.03. The van der Waals surface area contributed by atoms with Crippen molar-refractivity contribution in [3.8, 4) is 11.9 Å². The van der Waals surface area contributed by atoms with Gasteiger partial charge in [0, 0.05) is 0 Å². The summed E-state index contributed by atoms with van der Waals surface area (Å²) in [5.41, 5.74) is -0.649. The van der Waals surface area contributed by atoms with Crippen molar-refractivity contribution in [3.05, 3.63) is 20.7 Å². The normalized spacial score (nSPS) is 9.00. The number of rotatable bonds is 1. The van der Waals surface area contributed by atoms with E-state index in [0.29, 0.717) is 0 Å². The largest absolute Gasteiger partial charge is 0.481 e. The van der Waals surface area contributed by atoms with Crippen LogP contribution < -0.4 is 10.3 Å². The Bertz CT molecular complexity index is 439. The molecule has 62 valence electrons. The van der Waals surface area contributed by atoms with Crippen molar-refractivity contribution in [1.29, 1.82) is 5.26 Å². The molecule has 1 heterocycles. The predicted molar refractivity (Wildman–Crippen MR) is 43.5 cm³/mol. The predicted octanol–water partition coefficient (Wildman–Crippen LogP) is 0.313. The molecule has 2 N–H and O–H groups in total. The minimum Gasteiger partial charge on any atom is -0.481 e. The minimum absolute atomic E-state index is 0.0891. The quantitative estimate of drug-likeness (QED) is 0.614. The second kappa shape index (κ2) is 3.19. The molecule has 0 aliphatic rings. The first-order chi connectivity index (χ1) is 5.69. The molecule has 5 nitrogen and oxygen atoms in total. The van der Waals surface area contributed by atoms with Crippen LogP contribution in [0.4, 0.5) is 0 Å². The van der Waals surface area contributed by atoms with Gasteiger partial charge in [0.1, 0.15) is 6.07 Å². The first-order valence-electron chi connectivity index (χ1n) is 2.99. The Morgan fingerprint density at radius 1 is 1.58 bits per heavy atom. The van der Waals surface area contributed by atoms with Crippen molar-refractivity contribution in [1.82, 2.24) is 9.97 Å². The van der Waals surface area contributed by atoms with Crippen LogP contribution in [0.5, 0.6) is 5.88 Å². The average molecular weight is 183 g/mol. The number of methoxy groups -OCH3 is 1. The number of hydrogen-bond acceptors (Lipinski definition) is 4. The summed E-state index contributed by atoms with van der Waals surface area (Å²) in [6.07, 6.45) is 0. The molecule has 0 amide bonds. The van der Waals surface area contributed by atoms with Gasteiger partial charge < -0.3 is 9.72 Å². The molecule has 0 bridgehead atoms. The van der Waals surface area contributed by atoms with Crippen molar-refractivity contribution in [2.24, 2.45) is 0 Å². The number of hydrogen-bond donors (Lipinski definition) is 2. The van der Waals surface area contributed by atoms with Gasteiger partial charge in [0.05, 0.1) is 7.11 Å². The van der Waals surface area contributed by atoms with Crippen molar-refractivity contribution in [2.75, 3.05) is 7.11 Å². The van der Waals surface area contributed by atoms with Gasteiger partial charge in [-0.3, -0.25) is 9.78 Å². The van der Waals surface area contributed by atoms with Crippen LogP contribution in [0.25, 0.3) is 0 Å². The zero-order valence-corrected chi connectivity index (χ0v) is 6.99. The lowest BCUT2D eigenvalue weighted by Gasteiger charge is -1.99. The van der Waals surface area contributed by atoms with E-state index in [1.54, 1.807) is 6.07 Å². The first-order valence-corrected chi connectivity index (χ1v) is 3.40. The van der Waals surface area contributed by atoms with E-state index in [1.165, 1.54) is 7.11 Å². The summed E-state index contributed by atoms with van der Waals surface area (Å²) in [7, 11) is 1.35. The fourth-order valence-corrected chi connectivity index (χ4v) is 0.906. The third-order valence-corrected chi connectivity index (χ3v) is 1.43. The number of ether oxygens (including phenoxy) is 1. The molecule has 1 rings (SSSR count). The van der Waals surface area contributed by atoms with E-state index < -0.39 is 5.56 Å². The molecule has 0 saturated carbocycles. The smallest absolute Gasteiger partial charge is 0.273 e. The van der Waals surface area contributed by atoms with Gasteiger partial charge in [-0.05, 0) is 12.2 Å². The van der Waals surface area contributed by atoms with Gasteiger partial charge in [-0.2, -0.15) is 5.26 Å². The van der Waals surface area contributed by atoms with Crippen LogP contribution in [0.1, 0.15) is 5.56 Å². The molecule has 12 heavy (non-hydrogen) atoms. The Balaban J connectivity index is 3.58. The Morgan fingerprint density at radius 3 is 2.75 bits per heavy atom. The van der Waals surface area contributed by atoms with Crippen LogP contribution in [-0.4, -0.2) is 17.1 Å². The van der Waals surface area contributed by atoms with E-state index >= 15 is 0 Å². The highest BCUT2D eigenvalue weighted by molar-refractivity contribution is 7.71. The van der Waals surface area contributed by atoms with E-state index in [4.69, 9.17) is 10.00 Å². The number of aromatic nitrogens is 2. The molecule has 0 atom stereocenters. The number of H-pyrrole nitrogens is 2. The Morgan fingerprint density at radius 2 is 2.25 bits per heavy atom. The molecular formula is C6H5N3O2S.